The van der Waals surface area contributed by atoms with Crippen LogP contribution >= 0.6 is 0 Å². The zero-order chi connectivity index (χ0) is 18.3. The lowest BCUT2D eigenvalue weighted by Gasteiger charge is -2.37. The summed E-state index contributed by atoms with van der Waals surface area (Å²) in [5, 5.41) is 0. The molecule has 2 aliphatic rings. The van der Waals surface area contributed by atoms with E-state index in [1.54, 1.807) is 0 Å². The molecule has 4 heterocycles. The fourth-order valence-corrected chi connectivity index (χ4v) is 4.18. The molecule has 2 aromatic rings. The fraction of sp³-hybridized carbons (Fsp3) is 0.545. The summed E-state index contributed by atoms with van der Waals surface area (Å²) >= 11 is 0. The summed E-state index contributed by atoms with van der Waals surface area (Å²) in [5.41, 5.74) is 2.66. The predicted molar refractivity (Wildman–Crippen MR) is 106 cm³/mol. The average Bonchev–Trinajstić information content (AvgIpc) is 2.73. The maximum absolute atomic E-state index is 6.45. The predicted octanol–water partition coefficient (Wildman–Crippen LogP) is 3.12. The van der Waals surface area contributed by atoms with Gasteiger partial charge in [0.05, 0.1) is 12.2 Å². The molecule has 5 nitrogen and oxygen atoms in total. The van der Waals surface area contributed by atoms with Crippen LogP contribution in [0.5, 0.6) is 0 Å². The second-order valence-electron chi connectivity index (χ2n) is 7.80. The summed E-state index contributed by atoms with van der Waals surface area (Å²) in [6.45, 7) is 6.55. The zero-order valence-electron chi connectivity index (χ0n) is 16.0. The van der Waals surface area contributed by atoms with Gasteiger partial charge in [0.25, 0.3) is 0 Å². The van der Waals surface area contributed by atoms with Gasteiger partial charge in [0.15, 0.2) is 0 Å². The normalized spacial score (nSPS) is 20.7. The van der Waals surface area contributed by atoms with Gasteiger partial charge in [0, 0.05) is 64.1 Å². The number of aromatic nitrogens is 2. The van der Waals surface area contributed by atoms with Gasteiger partial charge < -0.3 is 4.74 Å². The van der Waals surface area contributed by atoms with Gasteiger partial charge in [-0.05, 0) is 55.0 Å². The highest BCUT2D eigenvalue weighted by Crippen LogP contribution is 2.22. The van der Waals surface area contributed by atoms with E-state index in [4.69, 9.17) is 4.74 Å². The van der Waals surface area contributed by atoms with Crippen LogP contribution in [0.1, 0.15) is 36.8 Å². The first-order valence-electron chi connectivity index (χ1n) is 10.2. The largest absolute Gasteiger partial charge is 0.375 e. The third-order valence-electron chi connectivity index (χ3n) is 5.74. The van der Waals surface area contributed by atoms with Crippen LogP contribution in [0.3, 0.4) is 0 Å². The van der Waals surface area contributed by atoms with E-state index in [0.717, 1.165) is 65.0 Å². The standard InChI is InChI=1S/C22H30N4O/c1-2-20(16-24-9-1)18-26-14-7-22(8-15-26)27-21-5-12-25(13-6-21)17-19-3-10-23-11-4-19/h1-4,9-11,16,21-22H,5-8,12-15,17-18H2. The molecule has 0 N–H and O–H groups in total. The van der Waals surface area contributed by atoms with Gasteiger partial charge in [-0.3, -0.25) is 19.8 Å². The summed E-state index contributed by atoms with van der Waals surface area (Å²) in [7, 11) is 0. The van der Waals surface area contributed by atoms with Crippen molar-refractivity contribution in [3.63, 3.8) is 0 Å². The van der Waals surface area contributed by atoms with Crippen LogP contribution in [0, 0.1) is 0 Å². The fourth-order valence-electron chi connectivity index (χ4n) is 4.18. The lowest BCUT2D eigenvalue weighted by Crippen LogP contribution is -2.41. The first-order valence-corrected chi connectivity index (χ1v) is 10.2. The van der Waals surface area contributed by atoms with Gasteiger partial charge in [-0.25, -0.2) is 0 Å². The SMILES string of the molecule is c1cncc(CN2CCC(OC3CCN(Cc4ccncc4)CC3)CC2)c1. The molecule has 0 amide bonds. The summed E-state index contributed by atoms with van der Waals surface area (Å²) < 4.78 is 6.45. The van der Waals surface area contributed by atoms with Gasteiger partial charge in [-0.15, -0.1) is 0 Å². The second-order valence-corrected chi connectivity index (χ2v) is 7.80. The number of likely N-dealkylation sites (tertiary alicyclic amines) is 2. The van der Waals surface area contributed by atoms with E-state index in [2.05, 4.69) is 38.0 Å². The maximum Gasteiger partial charge on any atom is 0.0603 e. The highest BCUT2D eigenvalue weighted by molar-refractivity contribution is 5.09. The van der Waals surface area contributed by atoms with Crippen LogP contribution in [0.25, 0.3) is 0 Å². The van der Waals surface area contributed by atoms with Crippen molar-refractivity contribution in [2.75, 3.05) is 26.2 Å². The molecule has 2 aliphatic heterocycles. The van der Waals surface area contributed by atoms with Crippen LogP contribution in [0.4, 0.5) is 0 Å². The molecule has 0 unspecified atom stereocenters. The Morgan fingerprint density at radius 2 is 1.33 bits per heavy atom. The third-order valence-corrected chi connectivity index (χ3v) is 5.74. The van der Waals surface area contributed by atoms with E-state index >= 15 is 0 Å². The zero-order valence-corrected chi connectivity index (χ0v) is 16.0. The molecule has 2 saturated heterocycles. The van der Waals surface area contributed by atoms with Crippen LogP contribution in [0.15, 0.2) is 49.1 Å². The molecule has 2 fully saturated rings. The molecule has 144 valence electrons. The number of ether oxygens (including phenoxy) is 1. The highest BCUT2D eigenvalue weighted by atomic mass is 16.5. The van der Waals surface area contributed by atoms with Gasteiger partial charge >= 0.3 is 0 Å². The minimum atomic E-state index is 0.437. The van der Waals surface area contributed by atoms with Crippen molar-refractivity contribution in [3.8, 4) is 0 Å². The Balaban J connectivity index is 1.15. The molecule has 0 saturated carbocycles. The molecule has 0 atom stereocenters. The lowest BCUT2D eigenvalue weighted by molar-refractivity contribution is -0.0664. The summed E-state index contributed by atoms with van der Waals surface area (Å²) in [5.74, 6) is 0. The van der Waals surface area contributed by atoms with Gasteiger partial charge in [-0.2, -0.15) is 0 Å². The first-order chi connectivity index (χ1) is 13.3. The van der Waals surface area contributed by atoms with Crippen LogP contribution in [-0.4, -0.2) is 58.2 Å². The molecule has 0 spiro atoms. The number of hydrogen-bond donors (Lipinski definition) is 0. The highest BCUT2D eigenvalue weighted by Gasteiger charge is 2.25. The van der Waals surface area contributed by atoms with E-state index in [-0.39, 0.29) is 0 Å². The molecule has 0 bridgehead atoms. The topological polar surface area (TPSA) is 41.5 Å². The Labute approximate surface area is 162 Å². The quantitative estimate of drug-likeness (QED) is 0.786. The average molecular weight is 367 g/mol. The molecule has 0 aliphatic carbocycles. The van der Waals surface area contributed by atoms with Crippen molar-refractivity contribution in [3.05, 3.63) is 60.2 Å². The van der Waals surface area contributed by atoms with Crippen LogP contribution in [-0.2, 0) is 17.8 Å². The second kappa shape index (κ2) is 9.40. The van der Waals surface area contributed by atoms with Crippen molar-refractivity contribution >= 4 is 0 Å². The molecule has 0 aromatic carbocycles. The molecule has 27 heavy (non-hydrogen) atoms. The Bertz CT molecular complexity index is 606. The first kappa shape index (κ1) is 18.5. The minimum Gasteiger partial charge on any atom is -0.375 e. The monoisotopic (exact) mass is 366 g/mol. The van der Waals surface area contributed by atoms with E-state index < -0.39 is 0 Å². The number of hydrogen-bond acceptors (Lipinski definition) is 5. The van der Waals surface area contributed by atoms with Crippen molar-refractivity contribution in [2.24, 2.45) is 0 Å². The van der Waals surface area contributed by atoms with Gasteiger partial charge in [-0.1, -0.05) is 6.07 Å². The van der Waals surface area contributed by atoms with E-state index in [1.165, 1.54) is 11.1 Å². The molecular weight excluding hydrogens is 336 g/mol. The molecule has 4 rings (SSSR count). The number of pyridine rings is 2. The maximum atomic E-state index is 6.45. The van der Waals surface area contributed by atoms with Crippen molar-refractivity contribution < 1.29 is 4.74 Å². The third kappa shape index (κ3) is 5.58. The number of piperidine rings is 2. The minimum absolute atomic E-state index is 0.437. The van der Waals surface area contributed by atoms with E-state index in [0.29, 0.717) is 12.2 Å². The molecule has 2 aromatic heterocycles. The van der Waals surface area contributed by atoms with Gasteiger partial charge in [0.1, 0.15) is 0 Å². The van der Waals surface area contributed by atoms with Crippen molar-refractivity contribution in [1.29, 1.82) is 0 Å². The number of rotatable bonds is 6. The molecular formula is C22H30N4O. The van der Waals surface area contributed by atoms with Crippen LogP contribution in [0.2, 0.25) is 0 Å². The number of nitrogens with zero attached hydrogens (tertiary/aromatic N) is 4. The van der Waals surface area contributed by atoms with E-state index in [9.17, 15) is 0 Å². The Kier molecular flexibility index (Phi) is 6.45. The Morgan fingerprint density at radius 3 is 1.89 bits per heavy atom. The van der Waals surface area contributed by atoms with E-state index in [1.807, 2.05) is 30.9 Å². The summed E-state index contributed by atoms with van der Waals surface area (Å²) in [6.07, 6.45) is 13.1. The molecule has 5 heteroatoms. The summed E-state index contributed by atoms with van der Waals surface area (Å²) in [6, 6.07) is 8.41. The van der Waals surface area contributed by atoms with Gasteiger partial charge in [0.2, 0.25) is 0 Å². The Hall–Kier alpha value is -1.82. The van der Waals surface area contributed by atoms with Crippen LogP contribution < -0.4 is 0 Å². The smallest absolute Gasteiger partial charge is 0.0603 e. The molecule has 0 radical (unpaired) electrons. The summed E-state index contributed by atoms with van der Waals surface area (Å²) in [4.78, 5) is 13.4. The lowest BCUT2D eigenvalue weighted by atomic mass is 10.0. The van der Waals surface area contributed by atoms with Crippen molar-refractivity contribution in [1.82, 2.24) is 19.8 Å². The Morgan fingerprint density at radius 1 is 0.741 bits per heavy atom. The van der Waals surface area contributed by atoms with Crippen molar-refractivity contribution in [2.45, 2.75) is 51.0 Å².